The van der Waals surface area contributed by atoms with Gasteiger partial charge in [-0.1, -0.05) is 36.4 Å². The number of rotatable bonds is 8. The topological polar surface area (TPSA) is 71.3 Å². The van der Waals surface area contributed by atoms with Gasteiger partial charge in [-0.2, -0.15) is 0 Å². The first kappa shape index (κ1) is 20.1. The van der Waals surface area contributed by atoms with Crippen LogP contribution in [-0.2, 0) is 17.8 Å². The summed E-state index contributed by atoms with van der Waals surface area (Å²) in [5.41, 5.74) is 2.09. The number of anilines is 1. The monoisotopic (exact) mass is 404 g/mol. The molecule has 30 heavy (non-hydrogen) atoms. The van der Waals surface area contributed by atoms with Gasteiger partial charge in [-0.05, 0) is 31.7 Å². The van der Waals surface area contributed by atoms with E-state index in [0.29, 0.717) is 31.7 Å². The lowest BCUT2D eigenvalue weighted by Gasteiger charge is -2.29. The Morgan fingerprint density at radius 1 is 1.03 bits per heavy atom. The van der Waals surface area contributed by atoms with Gasteiger partial charge in [0.25, 0.3) is 0 Å². The number of hydrogen-bond donors (Lipinski definition) is 1. The molecule has 0 saturated carbocycles. The Kier molecular flexibility index (Phi) is 6.75. The Balaban J connectivity index is 1.24. The van der Waals surface area contributed by atoms with Crippen LogP contribution in [0.1, 0.15) is 43.6 Å². The van der Waals surface area contributed by atoms with Crippen molar-refractivity contribution in [2.75, 3.05) is 18.0 Å². The van der Waals surface area contributed by atoms with Gasteiger partial charge < -0.3 is 14.6 Å². The molecule has 4 rings (SSSR count). The molecule has 0 radical (unpaired) electrons. The van der Waals surface area contributed by atoms with Crippen LogP contribution in [0.5, 0.6) is 0 Å². The lowest BCUT2D eigenvalue weighted by molar-refractivity contribution is -0.121. The van der Waals surface area contributed by atoms with Gasteiger partial charge in [0.2, 0.25) is 5.91 Å². The van der Waals surface area contributed by atoms with Crippen LogP contribution in [0, 0.1) is 0 Å². The molecule has 0 bridgehead atoms. The summed E-state index contributed by atoms with van der Waals surface area (Å²) in [6.07, 6.45) is 9.06. The molecule has 2 aromatic heterocycles. The summed E-state index contributed by atoms with van der Waals surface area (Å²) in [4.78, 5) is 23.6. The van der Waals surface area contributed by atoms with E-state index in [9.17, 15) is 4.79 Å². The minimum Gasteiger partial charge on any atom is -0.441 e. The highest BCUT2D eigenvalue weighted by molar-refractivity contribution is 5.76. The molecule has 0 atom stereocenters. The van der Waals surface area contributed by atoms with Crippen LogP contribution in [0.3, 0.4) is 0 Å². The fraction of sp³-hybridized carbons (Fsp3) is 0.375. The number of benzene rings is 1. The molecule has 1 saturated heterocycles. The van der Waals surface area contributed by atoms with Crippen molar-refractivity contribution in [3.63, 3.8) is 0 Å². The van der Waals surface area contributed by atoms with Crippen LogP contribution in [0.15, 0.2) is 59.3 Å². The fourth-order valence-electron chi connectivity index (χ4n) is 3.80. The maximum atomic E-state index is 12.3. The summed E-state index contributed by atoms with van der Waals surface area (Å²) in [6.45, 7) is 2.59. The number of aryl methyl sites for hydroxylation is 1. The first-order valence-corrected chi connectivity index (χ1v) is 10.8. The highest BCUT2D eigenvalue weighted by Gasteiger charge is 2.16. The van der Waals surface area contributed by atoms with E-state index in [1.807, 2.05) is 42.6 Å². The number of carbonyl (C=O) groups excluding carboxylic acids is 1. The van der Waals surface area contributed by atoms with Crippen molar-refractivity contribution in [2.45, 2.75) is 45.1 Å². The number of pyridine rings is 1. The van der Waals surface area contributed by atoms with E-state index in [4.69, 9.17) is 4.42 Å². The van der Waals surface area contributed by atoms with Crippen molar-refractivity contribution in [3.05, 3.63) is 66.3 Å². The highest BCUT2D eigenvalue weighted by Crippen LogP contribution is 2.22. The van der Waals surface area contributed by atoms with E-state index >= 15 is 0 Å². The predicted octanol–water partition coefficient (Wildman–Crippen LogP) is 4.37. The number of piperidine rings is 1. The van der Waals surface area contributed by atoms with Crippen molar-refractivity contribution >= 4 is 11.7 Å². The standard InChI is InChI=1S/C24H28N4O2/c29-22(12-7-13-23-27-18-21(30-23)19-9-3-1-4-10-19)26-17-20-11-8-14-25-24(20)28-15-5-2-6-16-28/h1,3-4,8-11,14,18H,2,5-7,12-13,15-17H2,(H,26,29). The van der Waals surface area contributed by atoms with Gasteiger partial charge in [0.1, 0.15) is 5.82 Å². The first-order valence-electron chi connectivity index (χ1n) is 10.8. The van der Waals surface area contributed by atoms with Crippen molar-refractivity contribution in [1.82, 2.24) is 15.3 Å². The second kappa shape index (κ2) is 10.1. The third-order valence-corrected chi connectivity index (χ3v) is 5.41. The van der Waals surface area contributed by atoms with Crippen LogP contribution in [0.4, 0.5) is 5.82 Å². The van der Waals surface area contributed by atoms with Crippen molar-refractivity contribution in [3.8, 4) is 11.3 Å². The van der Waals surface area contributed by atoms with Crippen LogP contribution in [0.2, 0.25) is 0 Å². The van der Waals surface area contributed by atoms with E-state index in [1.54, 1.807) is 6.20 Å². The second-order valence-corrected chi connectivity index (χ2v) is 7.65. The van der Waals surface area contributed by atoms with E-state index in [2.05, 4.69) is 26.3 Å². The number of aromatic nitrogens is 2. The zero-order valence-corrected chi connectivity index (χ0v) is 17.2. The molecule has 0 unspecified atom stereocenters. The number of oxazole rings is 1. The maximum absolute atomic E-state index is 12.3. The normalized spacial score (nSPS) is 13.9. The van der Waals surface area contributed by atoms with Crippen LogP contribution in [-0.4, -0.2) is 29.0 Å². The van der Waals surface area contributed by atoms with E-state index < -0.39 is 0 Å². The van der Waals surface area contributed by atoms with Gasteiger partial charge in [0.15, 0.2) is 11.7 Å². The number of nitrogens with one attached hydrogen (secondary N) is 1. The summed E-state index contributed by atoms with van der Waals surface area (Å²) in [5.74, 6) is 2.47. The molecule has 3 aromatic rings. The molecular formula is C24H28N4O2. The van der Waals surface area contributed by atoms with Gasteiger partial charge in [-0.3, -0.25) is 4.79 Å². The number of nitrogens with zero attached hydrogens (tertiary/aromatic N) is 3. The number of carbonyl (C=O) groups is 1. The van der Waals surface area contributed by atoms with E-state index in [1.165, 1.54) is 19.3 Å². The third-order valence-electron chi connectivity index (χ3n) is 5.41. The molecule has 3 heterocycles. The molecule has 6 nitrogen and oxygen atoms in total. The predicted molar refractivity (Wildman–Crippen MR) is 117 cm³/mol. The smallest absolute Gasteiger partial charge is 0.220 e. The lowest BCUT2D eigenvalue weighted by Crippen LogP contribution is -2.32. The molecule has 0 spiro atoms. The minimum atomic E-state index is 0.0401. The Hall–Kier alpha value is -3.15. The minimum absolute atomic E-state index is 0.0401. The quantitative estimate of drug-likeness (QED) is 0.604. The Labute approximate surface area is 177 Å². The lowest BCUT2D eigenvalue weighted by atomic mass is 10.1. The fourth-order valence-corrected chi connectivity index (χ4v) is 3.80. The number of amides is 1. The molecule has 1 aliphatic heterocycles. The van der Waals surface area contributed by atoms with Gasteiger partial charge in [0, 0.05) is 49.8 Å². The average molecular weight is 405 g/mol. The highest BCUT2D eigenvalue weighted by atomic mass is 16.4. The summed E-state index contributed by atoms with van der Waals surface area (Å²) in [7, 11) is 0. The van der Waals surface area contributed by atoms with Crippen LogP contribution >= 0.6 is 0 Å². The van der Waals surface area contributed by atoms with Gasteiger partial charge in [-0.15, -0.1) is 0 Å². The van der Waals surface area contributed by atoms with Crippen molar-refractivity contribution in [2.24, 2.45) is 0 Å². The molecule has 156 valence electrons. The first-order chi connectivity index (χ1) is 14.8. The molecule has 6 heteroatoms. The largest absolute Gasteiger partial charge is 0.441 e. The van der Waals surface area contributed by atoms with E-state index in [-0.39, 0.29) is 5.91 Å². The molecular weight excluding hydrogens is 376 g/mol. The van der Waals surface area contributed by atoms with Crippen molar-refractivity contribution < 1.29 is 9.21 Å². The van der Waals surface area contributed by atoms with Crippen LogP contribution in [0.25, 0.3) is 11.3 Å². The molecule has 1 aliphatic rings. The van der Waals surface area contributed by atoms with E-state index in [0.717, 1.165) is 35.8 Å². The summed E-state index contributed by atoms with van der Waals surface area (Å²) >= 11 is 0. The number of hydrogen-bond acceptors (Lipinski definition) is 5. The average Bonchev–Trinajstić information content (AvgIpc) is 3.28. The molecule has 0 aliphatic carbocycles. The Morgan fingerprint density at radius 3 is 2.70 bits per heavy atom. The van der Waals surface area contributed by atoms with Gasteiger partial charge in [-0.25, -0.2) is 9.97 Å². The zero-order valence-electron chi connectivity index (χ0n) is 17.2. The Morgan fingerprint density at radius 2 is 1.87 bits per heavy atom. The maximum Gasteiger partial charge on any atom is 0.220 e. The SMILES string of the molecule is O=C(CCCc1ncc(-c2ccccc2)o1)NCc1cccnc1N1CCCCC1. The molecule has 1 fully saturated rings. The molecule has 1 aromatic carbocycles. The molecule has 1 amide bonds. The van der Waals surface area contributed by atoms with Gasteiger partial charge in [0.05, 0.1) is 6.20 Å². The van der Waals surface area contributed by atoms with Crippen molar-refractivity contribution in [1.29, 1.82) is 0 Å². The zero-order chi connectivity index (χ0) is 20.6. The summed E-state index contributed by atoms with van der Waals surface area (Å²) in [5, 5.41) is 3.04. The second-order valence-electron chi connectivity index (χ2n) is 7.65. The summed E-state index contributed by atoms with van der Waals surface area (Å²) in [6, 6.07) is 13.9. The van der Waals surface area contributed by atoms with Gasteiger partial charge >= 0.3 is 0 Å². The molecule has 1 N–H and O–H groups in total. The van der Waals surface area contributed by atoms with Crippen LogP contribution < -0.4 is 10.2 Å². The Bertz CT molecular complexity index is 949. The third kappa shape index (κ3) is 5.26. The summed E-state index contributed by atoms with van der Waals surface area (Å²) < 4.78 is 5.81.